The molecule has 0 aliphatic carbocycles. The summed E-state index contributed by atoms with van der Waals surface area (Å²) >= 11 is 0. The number of anilines is 1. The second-order valence-corrected chi connectivity index (χ2v) is 7.26. The number of hydrogen-bond donors (Lipinski definition) is 1. The zero-order valence-electron chi connectivity index (χ0n) is 14.7. The smallest absolute Gasteiger partial charge is 0.465 e. The van der Waals surface area contributed by atoms with Crippen LogP contribution in [-0.4, -0.2) is 65.6 Å². The second kappa shape index (κ2) is 5.93. The van der Waals surface area contributed by atoms with Crippen molar-refractivity contribution in [3.8, 4) is 0 Å². The van der Waals surface area contributed by atoms with E-state index in [2.05, 4.69) is 9.88 Å². The number of aromatic nitrogens is 1. The molecule has 2 saturated heterocycles. The maximum Gasteiger partial charge on any atom is 0.498 e. The fraction of sp³-hybridized carbons (Fsp3) is 0.625. The van der Waals surface area contributed by atoms with Gasteiger partial charge in [0.25, 0.3) is 0 Å². The molecule has 0 radical (unpaired) electrons. The number of carboxylic acid groups (broad SMARTS) is 1. The predicted octanol–water partition coefficient (Wildman–Crippen LogP) is 1.18. The number of rotatable bonds is 2. The van der Waals surface area contributed by atoms with E-state index in [1.54, 1.807) is 6.20 Å². The minimum Gasteiger partial charge on any atom is -0.465 e. The van der Waals surface area contributed by atoms with E-state index < -0.39 is 24.4 Å². The lowest BCUT2D eigenvalue weighted by atomic mass is 9.79. The van der Waals surface area contributed by atoms with Crippen molar-refractivity contribution in [3.05, 3.63) is 18.3 Å². The molecule has 0 spiro atoms. The Hall–Kier alpha value is -1.80. The van der Waals surface area contributed by atoms with Crippen molar-refractivity contribution < 1.29 is 19.2 Å². The Labute approximate surface area is 142 Å². The summed E-state index contributed by atoms with van der Waals surface area (Å²) in [5.41, 5.74) is 0.0689. The minimum absolute atomic E-state index is 0.410. The van der Waals surface area contributed by atoms with Crippen LogP contribution in [0.1, 0.15) is 27.7 Å². The third kappa shape index (κ3) is 2.96. The first-order valence-corrected chi connectivity index (χ1v) is 8.25. The van der Waals surface area contributed by atoms with Crippen molar-refractivity contribution in [2.75, 3.05) is 31.1 Å². The highest BCUT2D eigenvalue weighted by molar-refractivity contribution is 6.63. The van der Waals surface area contributed by atoms with E-state index in [1.165, 1.54) is 4.90 Å². The summed E-state index contributed by atoms with van der Waals surface area (Å²) in [6.45, 7) is 10.2. The van der Waals surface area contributed by atoms with Crippen LogP contribution in [0.15, 0.2) is 18.3 Å². The van der Waals surface area contributed by atoms with Gasteiger partial charge in [-0.25, -0.2) is 9.78 Å². The molecule has 1 amide bonds. The Morgan fingerprint density at radius 2 is 1.75 bits per heavy atom. The van der Waals surface area contributed by atoms with Gasteiger partial charge in [0, 0.05) is 37.8 Å². The quantitative estimate of drug-likeness (QED) is 0.820. The number of pyridine rings is 1. The van der Waals surface area contributed by atoms with Crippen molar-refractivity contribution >= 4 is 24.5 Å². The molecule has 1 aromatic rings. The summed E-state index contributed by atoms with van der Waals surface area (Å²) in [4.78, 5) is 19.1. The highest BCUT2D eigenvalue weighted by Crippen LogP contribution is 2.37. The van der Waals surface area contributed by atoms with Crippen LogP contribution in [-0.2, 0) is 9.31 Å². The van der Waals surface area contributed by atoms with Crippen molar-refractivity contribution in [1.29, 1.82) is 0 Å². The Kier molecular flexibility index (Phi) is 4.21. The van der Waals surface area contributed by atoms with Gasteiger partial charge in [-0.15, -0.1) is 0 Å². The Morgan fingerprint density at radius 3 is 2.29 bits per heavy atom. The van der Waals surface area contributed by atoms with Gasteiger partial charge in [-0.2, -0.15) is 0 Å². The number of amides is 1. The molecule has 2 fully saturated rings. The topological polar surface area (TPSA) is 75.1 Å². The molecule has 8 heteroatoms. The molecule has 0 aromatic carbocycles. The molecule has 0 atom stereocenters. The van der Waals surface area contributed by atoms with Crippen LogP contribution in [0.25, 0.3) is 0 Å². The fourth-order valence-corrected chi connectivity index (χ4v) is 2.94. The third-order valence-electron chi connectivity index (χ3n) is 5.17. The molecule has 3 heterocycles. The van der Waals surface area contributed by atoms with Gasteiger partial charge in [0.15, 0.2) is 0 Å². The highest BCUT2D eigenvalue weighted by atomic mass is 16.7. The molecular weight excluding hydrogens is 309 g/mol. The normalized spacial score (nSPS) is 22.8. The zero-order valence-corrected chi connectivity index (χ0v) is 14.7. The van der Waals surface area contributed by atoms with Gasteiger partial charge in [0.1, 0.15) is 5.82 Å². The van der Waals surface area contributed by atoms with Crippen LogP contribution < -0.4 is 10.4 Å². The first-order chi connectivity index (χ1) is 11.2. The van der Waals surface area contributed by atoms with E-state index in [0.717, 1.165) is 11.3 Å². The van der Waals surface area contributed by atoms with E-state index >= 15 is 0 Å². The molecule has 1 aromatic heterocycles. The molecule has 2 aliphatic rings. The standard InChI is InChI=1S/C16H24BN3O4/c1-15(2)16(3,4)24-17(23-15)12-6-5-7-18-13(12)19-8-10-20(11-9-19)14(21)22/h5-7H,8-11H2,1-4H3,(H,21,22). The van der Waals surface area contributed by atoms with Crippen LogP contribution in [0.3, 0.4) is 0 Å². The maximum atomic E-state index is 11.1. The van der Waals surface area contributed by atoms with Gasteiger partial charge in [-0.1, -0.05) is 6.07 Å². The summed E-state index contributed by atoms with van der Waals surface area (Å²) < 4.78 is 12.3. The van der Waals surface area contributed by atoms with E-state index in [-0.39, 0.29) is 0 Å². The van der Waals surface area contributed by atoms with Crippen LogP contribution in [0, 0.1) is 0 Å². The van der Waals surface area contributed by atoms with Gasteiger partial charge >= 0.3 is 13.2 Å². The summed E-state index contributed by atoms with van der Waals surface area (Å²) in [5.74, 6) is 0.807. The highest BCUT2D eigenvalue weighted by Gasteiger charge is 2.52. The molecule has 7 nitrogen and oxygen atoms in total. The average molecular weight is 333 g/mol. The third-order valence-corrected chi connectivity index (χ3v) is 5.17. The second-order valence-electron chi connectivity index (χ2n) is 7.26. The van der Waals surface area contributed by atoms with E-state index in [0.29, 0.717) is 26.2 Å². The largest absolute Gasteiger partial charge is 0.498 e. The van der Waals surface area contributed by atoms with E-state index in [4.69, 9.17) is 14.4 Å². The van der Waals surface area contributed by atoms with Crippen LogP contribution >= 0.6 is 0 Å². The van der Waals surface area contributed by atoms with Gasteiger partial charge in [0.2, 0.25) is 0 Å². The summed E-state index contributed by atoms with van der Waals surface area (Å²) in [5, 5.41) is 9.09. The number of nitrogens with zero attached hydrogens (tertiary/aromatic N) is 3. The number of piperazine rings is 1. The molecule has 1 N–H and O–H groups in total. The van der Waals surface area contributed by atoms with Gasteiger partial charge < -0.3 is 24.2 Å². The number of carbonyl (C=O) groups is 1. The summed E-state index contributed by atoms with van der Waals surface area (Å²) in [7, 11) is -0.476. The van der Waals surface area contributed by atoms with Crippen molar-refractivity contribution in [2.24, 2.45) is 0 Å². The lowest BCUT2D eigenvalue weighted by molar-refractivity contribution is 0.00578. The van der Waals surface area contributed by atoms with E-state index in [1.807, 2.05) is 39.8 Å². The number of hydrogen-bond acceptors (Lipinski definition) is 5. The van der Waals surface area contributed by atoms with Crippen LogP contribution in [0.5, 0.6) is 0 Å². The Morgan fingerprint density at radius 1 is 1.17 bits per heavy atom. The monoisotopic (exact) mass is 333 g/mol. The van der Waals surface area contributed by atoms with Gasteiger partial charge in [-0.05, 0) is 33.8 Å². The predicted molar refractivity (Wildman–Crippen MR) is 91.8 cm³/mol. The summed E-state index contributed by atoms with van der Waals surface area (Å²) in [6.07, 6.45) is 0.870. The SMILES string of the molecule is CC1(C)OB(c2cccnc2N2CCN(C(=O)O)CC2)OC1(C)C. The molecule has 0 bridgehead atoms. The average Bonchev–Trinajstić information content (AvgIpc) is 2.75. The van der Waals surface area contributed by atoms with Crippen molar-refractivity contribution in [1.82, 2.24) is 9.88 Å². The van der Waals surface area contributed by atoms with Gasteiger partial charge in [-0.3, -0.25) is 0 Å². The lowest BCUT2D eigenvalue weighted by Crippen LogP contribution is -2.51. The summed E-state index contributed by atoms with van der Waals surface area (Å²) in [6, 6.07) is 3.84. The minimum atomic E-state index is -0.873. The van der Waals surface area contributed by atoms with Gasteiger partial charge in [0.05, 0.1) is 11.2 Å². The lowest BCUT2D eigenvalue weighted by Gasteiger charge is -2.35. The zero-order chi connectivity index (χ0) is 17.5. The van der Waals surface area contributed by atoms with Crippen molar-refractivity contribution in [2.45, 2.75) is 38.9 Å². The molecule has 0 saturated carbocycles. The molecule has 2 aliphatic heterocycles. The molecule has 3 rings (SSSR count). The first kappa shape index (κ1) is 17.0. The Bertz CT molecular complexity index is 614. The molecule has 0 unspecified atom stereocenters. The maximum absolute atomic E-state index is 11.1. The first-order valence-electron chi connectivity index (χ1n) is 8.25. The fourth-order valence-electron chi connectivity index (χ4n) is 2.94. The Balaban J connectivity index is 1.81. The molecule has 24 heavy (non-hydrogen) atoms. The van der Waals surface area contributed by atoms with Crippen molar-refractivity contribution in [3.63, 3.8) is 0 Å². The molecule has 130 valence electrons. The van der Waals surface area contributed by atoms with Crippen LogP contribution in [0.2, 0.25) is 0 Å². The molecular formula is C16H24BN3O4. The van der Waals surface area contributed by atoms with Crippen LogP contribution in [0.4, 0.5) is 10.6 Å². The van der Waals surface area contributed by atoms with E-state index in [9.17, 15) is 4.79 Å².